The third-order valence-electron chi connectivity index (χ3n) is 5.07. The van der Waals surface area contributed by atoms with Crippen LogP contribution in [0.25, 0.3) is 0 Å². The van der Waals surface area contributed by atoms with Crippen LogP contribution in [0, 0.1) is 5.92 Å². The summed E-state index contributed by atoms with van der Waals surface area (Å²) in [6, 6.07) is 4.70. The minimum atomic E-state index is 0.381. The largest absolute Gasteiger partial charge is 0.495 e. The van der Waals surface area contributed by atoms with Crippen LogP contribution in [-0.4, -0.2) is 58.5 Å². The van der Waals surface area contributed by atoms with Crippen molar-refractivity contribution >= 4 is 15.9 Å². The van der Waals surface area contributed by atoms with Crippen molar-refractivity contribution in [3.8, 4) is 11.5 Å². The van der Waals surface area contributed by atoms with E-state index in [1.54, 1.807) is 14.2 Å². The summed E-state index contributed by atoms with van der Waals surface area (Å²) < 4.78 is 17.6. The molecule has 0 unspecified atom stereocenters. The van der Waals surface area contributed by atoms with E-state index in [1.165, 1.54) is 5.56 Å². The fourth-order valence-corrected chi connectivity index (χ4v) is 4.39. The topological polar surface area (TPSA) is 43.0 Å². The van der Waals surface area contributed by atoms with Gasteiger partial charge in [0.1, 0.15) is 16.0 Å². The molecule has 134 valence electrons. The Bertz CT molecular complexity index is 500. The smallest absolute Gasteiger partial charge is 0.137 e. The van der Waals surface area contributed by atoms with Crippen LogP contribution in [0.2, 0.25) is 0 Å². The molecule has 2 heterocycles. The fourth-order valence-electron chi connectivity index (χ4n) is 3.83. The number of piperazine rings is 1. The summed E-state index contributed by atoms with van der Waals surface area (Å²) in [7, 11) is 3.41. The summed E-state index contributed by atoms with van der Waals surface area (Å²) in [6.07, 6.45) is 2.21. The number of methoxy groups -OCH3 is 2. The van der Waals surface area contributed by atoms with E-state index in [0.29, 0.717) is 12.0 Å². The SMILES string of the molecule is COc1cc([C@H](C2CCOCC2)N2CCNCC2)cc(OC)c1Br. The lowest BCUT2D eigenvalue weighted by Gasteiger charge is -2.41. The van der Waals surface area contributed by atoms with E-state index in [-0.39, 0.29) is 0 Å². The number of rotatable bonds is 5. The molecule has 1 aromatic rings. The van der Waals surface area contributed by atoms with Gasteiger partial charge < -0.3 is 19.5 Å². The van der Waals surface area contributed by atoms with Crippen molar-refractivity contribution in [2.45, 2.75) is 18.9 Å². The normalized spacial score (nSPS) is 21.5. The molecular formula is C18H27BrN2O3. The maximum Gasteiger partial charge on any atom is 0.137 e. The van der Waals surface area contributed by atoms with Gasteiger partial charge >= 0.3 is 0 Å². The third kappa shape index (κ3) is 3.87. The Morgan fingerprint density at radius 1 is 1.12 bits per heavy atom. The molecule has 2 fully saturated rings. The highest BCUT2D eigenvalue weighted by molar-refractivity contribution is 9.10. The maximum atomic E-state index is 5.59. The monoisotopic (exact) mass is 398 g/mol. The lowest BCUT2D eigenvalue weighted by molar-refractivity contribution is 0.0212. The summed E-state index contributed by atoms with van der Waals surface area (Å²) in [4.78, 5) is 2.61. The van der Waals surface area contributed by atoms with Gasteiger partial charge in [0.25, 0.3) is 0 Å². The van der Waals surface area contributed by atoms with Crippen LogP contribution in [0.15, 0.2) is 16.6 Å². The molecule has 2 aliphatic heterocycles. The molecule has 2 aliphatic rings. The van der Waals surface area contributed by atoms with E-state index in [0.717, 1.165) is 68.2 Å². The molecule has 5 nitrogen and oxygen atoms in total. The summed E-state index contributed by atoms with van der Waals surface area (Å²) in [6.45, 7) is 5.95. The first kappa shape index (κ1) is 18.0. The predicted molar refractivity (Wildman–Crippen MR) is 98.0 cm³/mol. The predicted octanol–water partition coefficient (Wildman–Crippen LogP) is 2.84. The molecule has 1 aromatic carbocycles. The Morgan fingerprint density at radius 3 is 2.25 bits per heavy atom. The first-order valence-corrected chi connectivity index (χ1v) is 9.48. The summed E-state index contributed by atoms with van der Waals surface area (Å²) >= 11 is 3.58. The number of hydrogen-bond acceptors (Lipinski definition) is 5. The molecule has 1 atom stereocenters. The maximum absolute atomic E-state index is 5.59. The Morgan fingerprint density at radius 2 is 1.71 bits per heavy atom. The van der Waals surface area contributed by atoms with E-state index in [9.17, 15) is 0 Å². The average Bonchev–Trinajstić information content (AvgIpc) is 2.65. The second-order valence-electron chi connectivity index (χ2n) is 6.42. The van der Waals surface area contributed by atoms with Crippen LogP contribution < -0.4 is 14.8 Å². The van der Waals surface area contributed by atoms with Crippen molar-refractivity contribution in [1.82, 2.24) is 10.2 Å². The Kier molecular flexibility index (Phi) is 6.38. The van der Waals surface area contributed by atoms with E-state index in [4.69, 9.17) is 14.2 Å². The quantitative estimate of drug-likeness (QED) is 0.825. The molecule has 0 aliphatic carbocycles. The van der Waals surface area contributed by atoms with Crippen molar-refractivity contribution in [1.29, 1.82) is 0 Å². The van der Waals surface area contributed by atoms with Gasteiger partial charge in [-0.15, -0.1) is 0 Å². The van der Waals surface area contributed by atoms with Crippen LogP contribution in [0.5, 0.6) is 11.5 Å². The zero-order chi connectivity index (χ0) is 16.9. The Hall–Kier alpha value is -0.820. The van der Waals surface area contributed by atoms with E-state index < -0.39 is 0 Å². The van der Waals surface area contributed by atoms with Crippen molar-refractivity contribution in [3.63, 3.8) is 0 Å². The molecule has 6 heteroatoms. The molecule has 3 rings (SSSR count). The molecule has 24 heavy (non-hydrogen) atoms. The van der Waals surface area contributed by atoms with Crippen LogP contribution in [0.3, 0.4) is 0 Å². The van der Waals surface area contributed by atoms with Gasteiger partial charge in [-0.3, -0.25) is 4.90 Å². The van der Waals surface area contributed by atoms with E-state index in [1.807, 2.05) is 0 Å². The van der Waals surface area contributed by atoms with Crippen LogP contribution >= 0.6 is 15.9 Å². The first-order chi connectivity index (χ1) is 11.7. The number of nitrogens with one attached hydrogen (secondary N) is 1. The number of hydrogen-bond donors (Lipinski definition) is 1. The fraction of sp³-hybridized carbons (Fsp3) is 0.667. The molecule has 0 bridgehead atoms. The van der Waals surface area contributed by atoms with Gasteiger partial charge in [0.15, 0.2) is 0 Å². The van der Waals surface area contributed by atoms with Crippen molar-refractivity contribution in [2.75, 3.05) is 53.6 Å². The van der Waals surface area contributed by atoms with Crippen LogP contribution in [-0.2, 0) is 4.74 Å². The first-order valence-electron chi connectivity index (χ1n) is 8.68. The number of halogens is 1. The number of nitrogens with zero attached hydrogens (tertiary/aromatic N) is 1. The highest BCUT2D eigenvalue weighted by atomic mass is 79.9. The van der Waals surface area contributed by atoms with Crippen molar-refractivity contribution in [2.24, 2.45) is 5.92 Å². The zero-order valence-corrected chi connectivity index (χ0v) is 16.1. The Balaban J connectivity index is 1.97. The Labute approximate surface area is 152 Å². The minimum Gasteiger partial charge on any atom is -0.495 e. The van der Waals surface area contributed by atoms with Crippen molar-refractivity contribution < 1.29 is 14.2 Å². The molecule has 0 radical (unpaired) electrons. The van der Waals surface area contributed by atoms with Gasteiger partial charge in [-0.05, 0) is 52.4 Å². The number of ether oxygens (including phenoxy) is 3. The third-order valence-corrected chi connectivity index (χ3v) is 5.85. The summed E-state index contributed by atoms with van der Waals surface area (Å²) in [5, 5.41) is 3.45. The second kappa shape index (κ2) is 8.52. The van der Waals surface area contributed by atoms with Gasteiger partial charge in [-0.2, -0.15) is 0 Å². The lowest BCUT2D eigenvalue weighted by Crippen LogP contribution is -2.47. The summed E-state index contributed by atoms with van der Waals surface area (Å²) in [5.41, 5.74) is 1.28. The standard InChI is InChI=1S/C18H27BrN2O3/c1-22-15-11-14(12-16(23-2)17(15)19)18(13-3-9-24-10-4-13)21-7-5-20-6-8-21/h11-13,18,20H,3-10H2,1-2H3/t18-/m0/s1. The van der Waals surface area contributed by atoms with Gasteiger partial charge in [-0.25, -0.2) is 0 Å². The molecule has 2 saturated heterocycles. The summed E-state index contributed by atoms with van der Waals surface area (Å²) in [5.74, 6) is 2.26. The van der Waals surface area contributed by atoms with E-state index >= 15 is 0 Å². The second-order valence-corrected chi connectivity index (χ2v) is 7.21. The van der Waals surface area contributed by atoms with Gasteiger partial charge in [0.05, 0.1) is 14.2 Å². The van der Waals surface area contributed by atoms with Crippen LogP contribution in [0.1, 0.15) is 24.4 Å². The van der Waals surface area contributed by atoms with E-state index in [2.05, 4.69) is 38.3 Å². The number of benzene rings is 1. The van der Waals surface area contributed by atoms with Gasteiger partial charge in [0.2, 0.25) is 0 Å². The molecule has 0 aromatic heterocycles. The minimum absolute atomic E-state index is 0.381. The average molecular weight is 399 g/mol. The molecule has 0 amide bonds. The highest BCUT2D eigenvalue weighted by Crippen LogP contribution is 2.42. The van der Waals surface area contributed by atoms with Gasteiger partial charge in [-0.1, -0.05) is 0 Å². The van der Waals surface area contributed by atoms with Crippen LogP contribution in [0.4, 0.5) is 0 Å². The zero-order valence-electron chi connectivity index (χ0n) is 14.5. The molecule has 0 saturated carbocycles. The van der Waals surface area contributed by atoms with Crippen molar-refractivity contribution in [3.05, 3.63) is 22.2 Å². The van der Waals surface area contributed by atoms with Gasteiger partial charge in [0, 0.05) is 45.4 Å². The molecular weight excluding hydrogens is 372 g/mol. The lowest BCUT2D eigenvalue weighted by atomic mass is 9.85. The molecule has 0 spiro atoms. The molecule has 1 N–H and O–H groups in total. The highest BCUT2D eigenvalue weighted by Gasteiger charge is 2.32.